The van der Waals surface area contributed by atoms with Crippen molar-refractivity contribution in [1.29, 1.82) is 0 Å². The van der Waals surface area contributed by atoms with Gasteiger partial charge in [-0.15, -0.1) is 0 Å². The third kappa shape index (κ3) is 7.02. The van der Waals surface area contributed by atoms with Crippen molar-refractivity contribution in [1.82, 2.24) is 19.5 Å². The molecule has 0 atom stereocenters. The molecule has 0 fully saturated rings. The molecule has 0 radical (unpaired) electrons. The third-order valence-electron chi connectivity index (χ3n) is 13.0. The van der Waals surface area contributed by atoms with E-state index >= 15 is 0 Å². The predicted molar refractivity (Wildman–Crippen MR) is 279 cm³/mol. The van der Waals surface area contributed by atoms with Gasteiger partial charge in [-0.05, 0) is 105 Å². The first-order valence-electron chi connectivity index (χ1n) is 22.9. The summed E-state index contributed by atoms with van der Waals surface area (Å²) in [4.78, 5) is 15.6. The molecule has 318 valence electrons. The lowest BCUT2D eigenvalue weighted by Crippen LogP contribution is -2.00. The van der Waals surface area contributed by atoms with E-state index in [1.165, 1.54) is 27.6 Å². The number of benzene rings is 10. The first-order chi connectivity index (χ1) is 33.7. The van der Waals surface area contributed by atoms with Crippen LogP contribution >= 0.6 is 0 Å². The van der Waals surface area contributed by atoms with Gasteiger partial charge < -0.3 is 8.98 Å². The minimum Gasteiger partial charge on any atom is -0.456 e. The molecule has 0 saturated heterocycles. The van der Waals surface area contributed by atoms with E-state index in [-0.39, 0.29) is 0 Å². The quantitative estimate of drug-likeness (QED) is 0.153. The number of aromatic nitrogens is 4. The van der Waals surface area contributed by atoms with E-state index in [9.17, 15) is 0 Å². The van der Waals surface area contributed by atoms with Gasteiger partial charge in [0.25, 0.3) is 0 Å². The first-order valence-corrected chi connectivity index (χ1v) is 22.9. The van der Waals surface area contributed by atoms with Crippen LogP contribution in [0, 0.1) is 0 Å². The largest absolute Gasteiger partial charge is 0.456 e. The van der Waals surface area contributed by atoms with Crippen molar-refractivity contribution in [2.75, 3.05) is 0 Å². The molecule has 0 aliphatic heterocycles. The van der Waals surface area contributed by atoms with Crippen molar-refractivity contribution in [3.05, 3.63) is 243 Å². The van der Waals surface area contributed by atoms with Crippen LogP contribution in [0.2, 0.25) is 0 Å². The number of nitrogens with zero attached hydrogens (tertiary/aromatic N) is 4. The normalized spacial score (nSPS) is 11.5. The molecule has 3 heterocycles. The minimum atomic E-state index is 0.587. The number of hydrogen-bond acceptors (Lipinski definition) is 4. The number of rotatable bonds is 8. The molecule has 0 bridgehead atoms. The van der Waals surface area contributed by atoms with Gasteiger partial charge in [0.2, 0.25) is 0 Å². The van der Waals surface area contributed by atoms with Crippen LogP contribution in [0.4, 0.5) is 0 Å². The minimum absolute atomic E-state index is 0.587. The van der Waals surface area contributed by atoms with Crippen LogP contribution in [0.5, 0.6) is 0 Å². The Balaban J connectivity index is 0.925. The summed E-state index contributed by atoms with van der Waals surface area (Å²) in [6.07, 6.45) is 0. The van der Waals surface area contributed by atoms with E-state index in [1.807, 2.05) is 18.2 Å². The Morgan fingerprint density at radius 2 is 0.662 bits per heavy atom. The van der Waals surface area contributed by atoms with Crippen LogP contribution < -0.4 is 0 Å². The summed E-state index contributed by atoms with van der Waals surface area (Å²) in [5.74, 6) is 1.80. The lowest BCUT2D eigenvalue weighted by molar-refractivity contribution is 0.669. The highest BCUT2D eigenvalue weighted by Gasteiger charge is 2.19. The zero-order chi connectivity index (χ0) is 45.0. The number of fused-ring (bicyclic) bond motifs is 6. The molecule has 5 nitrogen and oxygen atoms in total. The second-order valence-corrected chi connectivity index (χ2v) is 17.2. The highest BCUT2D eigenvalue weighted by molar-refractivity contribution is 6.17. The summed E-state index contributed by atoms with van der Waals surface area (Å²) in [5.41, 5.74) is 16.8. The number of para-hydroxylation sites is 1. The maximum absolute atomic E-state index is 6.69. The van der Waals surface area contributed by atoms with Gasteiger partial charge in [0, 0.05) is 50.0 Å². The summed E-state index contributed by atoms with van der Waals surface area (Å²) in [6.45, 7) is 0. The van der Waals surface area contributed by atoms with Crippen LogP contribution in [0.3, 0.4) is 0 Å². The molecule has 0 aliphatic carbocycles. The van der Waals surface area contributed by atoms with Crippen LogP contribution in [-0.2, 0) is 0 Å². The van der Waals surface area contributed by atoms with Crippen LogP contribution in [-0.4, -0.2) is 19.5 Å². The van der Waals surface area contributed by atoms with Crippen LogP contribution in [0.15, 0.2) is 247 Å². The van der Waals surface area contributed by atoms with Crippen LogP contribution in [0.1, 0.15) is 0 Å². The molecule has 5 heteroatoms. The topological polar surface area (TPSA) is 56.7 Å². The molecular formula is C63H40N4O. The molecule has 0 unspecified atom stereocenters. The van der Waals surface area contributed by atoms with Gasteiger partial charge in [0.1, 0.15) is 11.2 Å². The molecule has 10 aromatic carbocycles. The van der Waals surface area contributed by atoms with Gasteiger partial charge in [0.15, 0.2) is 17.5 Å². The monoisotopic (exact) mass is 868 g/mol. The van der Waals surface area contributed by atoms with Gasteiger partial charge in [0.05, 0.1) is 11.0 Å². The van der Waals surface area contributed by atoms with Crippen LogP contribution in [0.25, 0.3) is 128 Å². The summed E-state index contributed by atoms with van der Waals surface area (Å²) in [5, 5.41) is 4.37. The average Bonchev–Trinajstić information content (AvgIpc) is 3.95. The summed E-state index contributed by atoms with van der Waals surface area (Å²) in [6, 6.07) is 85.2. The van der Waals surface area contributed by atoms with Crippen molar-refractivity contribution in [3.63, 3.8) is 0 Å². The molecule has 0 amide bonds. The molecule has 13 rings (SSSR count). The van der Waals surface area contributed by atoms with E-state index in [4.69, 9.17) is 19.4 Å². The van der Waals surface area contributed by atoms with E-state index in [0.29, 0.717) is 17.5 Å². The molecule has 13 aromatic rings. The number of furan rings is 1. The van der Waals surface area contributed by atoms with Gasteiger partial charge in [-0.25, -0.2) is 15.0 Å². The molecular weight excluding hydrogens is 829 g/mol. The molecule has 0 aliphatic rings. The molecule has 0 spiro atoms. The Hall–Kier alpha value is -9.19. The van der Waals surface area contributed by atoms with Crippen molar-refractivity contribution in [3.8, 4) is 84.4 Å². The van der Waals surface area contributed by atoms with E-state index in [1.54, 1.807) is 0 Å². The smallest absolute Gasteiger partial charge is 0.164 e. The Morgan fingerprint density at radius 1 is 0.250 bits per heavy atom. The van der Waals surface area contributed by atoms with E-state index in [2.05, 4.69) is 229 Å². The molecule has 0 N–H and O–H groups in total. The van der Waals surface area contributed by atoms with Gasteiger partial charge in [-0.2, -0.15) is 0 Å². The first kappa shape index (κ1) is 39.2. The zero-order valence-corrected chi connectivity index (χ0v) is 36.8. The summed E-state index contributed by atoms with van der Waals surface area (Å²) < 4.78 is 9.04. The van der Waals surface area contributed by atoms with E-state index < -0.39 is 0 Å². The van der Waals surface area contributed by atoms with Gasteiger partial charge in [-0.1, -0.05) is 176 Å². The predicted octanol–water partition coefficient (Wildman–Crippen LogP) is 16.5. The molecule has 3 aromatic heterocycles. The Kier molecular flexibility index (Phi) is 9.43. The third-order valence-corrected chi connectivity index (χ3v) is 13.0. The lowest BCUT2D eigenvalue weighted by atomic mass is 9.99. The summed E-state index contributed by atoms with van der Waals surface area (Å²) >= 11 is 0. The van der Waals surface area contributed by atoms with Crippen molar-refractivity contribution in [2.45, 2.75) is 0 Å². The van der Waals surface area contributed by atoms with Crippen molar-refractivity contribution >= 4 is 43.7 Å². The van der Waals surface area contributed by atoms with Crippen molar-refractivity contribution < 1.29 is 4.42 Å². The second-order valence-electron chi connectivity index (χ2n) is 17.2. The van der Waals surface area contributed by atoms with Crippen molar-refractivity contribution in [2.24, 2.45) is 0 Å². The second kappa shape index (κ2) is 16.4. The SMILES string of the molecule is c1ccc(-c2cccc(-c3ccc(-n4c5ccccc5c5cc6c(cc54)oc4ccc(-c5nc(-c7cccc(-c8ccccc8)c7)nc(-c7cccc(-c8ccccc8)c7)n5)cc46)cc3)c2)cc1. The fourth-order valence-electron chi connectivity index (χ4n) is 9.67. The average molecular weight is 869 g/mol. The summed E-state index contributed by atoms with van der Waals surface area (Å²) in [7, 11) is 0. The Labute approximate surface area is 392 Å². The highest BCUT2D eigenvalue weighted by atomic mass is 16.3. The maximum atomic E-state index is 6.69. The van der Waals surface area contributed by atoms with Gasteiger partial charge >= 0.3 is 0 Å². The zero-order valence-electron chi connectivity index (χ0n) is 36.8. The fourth-order valence-corrected chi connectivity index (χ4v) is 9.67. The lowest BCUT2D eigenvalue weighted by Gasteiger charge is -2.11. The standard InChI is InChI=1S/C63H40N4O/c1-4-15-41(16-5-1)45-21-12-22-46(35-45)44-29-32-52(33-30-44)67-57-28-11-10-27-53(57)54-39-56-55-38-51(31-34-59(55)68-60(56)40-58(54)67)63-65-61(49-25-13-23-47(36-49)42-17-6-2-7-18-42)64-62(66-63)50-26-14-24-48(37-50)43-19-8-3-9-20-43/h1-40H. The Bertz CT molecular complexity index is 3900. The number of hydrogen-bond donors (Lipinski definition) is 0. The van der Waals surface area contributed by atoms with E-state index in [0.717, 1.165) is 83.0 Å². The molecule has 68 heavy (non-hydrogen) atoms. The maximum Gasteiger partial charge on any atom is 0.164 e. The highest BCUT2D eigenvalue weighted by Crippen LogP contribution is 2.40. The van der Waals surface area contributed by atoms with Gasteiger partial charge in [-0.3, -0.25) is 0 Å². The fraction of sp³-hybridized carbons (Fsp3) is 0. The molecule has 0 saturated carbocycles. The Morgan fingerprint density at radius 3 is 1.21 bits per heavy atom.